The molecule has 0 amide bonds. The first-order valence-electron chi connectivity index (χ1n) is 6.03. The third-order valence-electron chi connectivity index (χ3n) is 2.78. The van der Waals surface area contributed by atoms with Crippen molar-refractivity contribution in [3.05, 3.63) is 48.7 Å². The molecule has 0 N–H and O–H groups in total. The van der Waals surface area contributed by atoms with Gasteiger partial charge in [-0.15, -0.1) is 0 Å². The van der Waals surface area contributed by atoms with Gasteiger partial charge in [-0.2, -0.15) is 0 Å². The molecule has 0 aliphatic rings. The van der Waals surface area contributed by atoms with Crippen molar-refractivity contribution in [3.63, 3.8) is 0 Å². The van der Waals surface area contributed by atoms with Gasteiger partial charge in [0.25, 0.3) is 0 Å². The van der Waals surface area contributed by atoms with E-state index in [2.05, 4.69) is 44.2 Å². The molecule has 0 aromatic heterocycles. The zero-order valence-electron chi connectivity index (χ0n) is 9.84. The van der Waals surface area contributed by atoms with E-state index in [1.807, 2.05) is 0 Å². The van der Waals surface area contributed by atoms with Gasteiger partial charge in [-0.3, -0.25) is 0 Å². The van der Waals surface area contributed by atoms with E-state index >= 15 is 0 Å². The van der Waals surface area contributed by atoms with Crippen LogP contribution in [0.4, 0.5) is 0 Å². The van der Waals surface area contributed by atoms with E-state index in [4.69, 9.17) is 0 Å². The van der Waals surface area contributed by atoms with E-state index in [1.165, 1.54) is 31.2 Å². The van der Waals surface area contributed by atoms with Gasteiger partial charge in [0, 0.05) is 0 Å². The highest BCUT2D eigenvalue weighted by atomic mass is 14.1. The van der Waals surface area contributed by atoms with Crippen LogP contribution in [0.3, 0.4) is 0 Å². The summed E-state index contributed by atoms with van der Waals surface area (Å²) in [5.41, 5.74) is 1.42. The number of hydrogen-bond acceptors (Lipinski definition) is 0. The SMILES string of the molecule is [CH2]C[C](CCCCC)Cc1ccccc1. The molecule has 0 spiro atoms. The van der Waals surface area contributed by atoms with Crippen LogP contribution in [0.5, 0.6) is 0 Å². The maximum Gasteiger partial charge on any atom is -0.0197 e. The molecule has 0 nitrogen and oxygen atoms in total. The minimum atomic E-state index is 0.985. The minimum absolute atomic E-state index is 0.985. The lowest BCUT2D eigenvalue weighted by atomic mass is 9.92. The second-order valence-electron chi connectivity index (χ2n) is 4.12. The fraction of sp³-hybridized carbons (Fsp3) is 0.467. The fourth-order valence-electron chi connectivity index (χ4n) is 1.81. The average molecular weight is 202 g/mol. The lowest BCUT2D eigenvalue weighted by Gasteiger charge is -2.13. The summed E-state index contributed by atoms with van der Waals surface area (Å²) in [6.07, 6.45) is 7.33. The molecule has 1 rings (SSSR count). The first-order valence-corrected chi connectivity index (χ1v) is 6.03. The summed E-state index contributed by atoms with van der Waals surface area (Å²) in [5.74, 6) is 1.59. The topological polar surface area (TPSA) is 0 Å². The molecule has 0 unspecified atom stereocenters. The number of benzene rings is 1. The van der Waals surface area contributed by atoms with E-state index in [9.17, 15) is 0 Å². The molecule has 2 radical (unpaired) electrons. The van der Waals surface area contributed by atoms with Crippen LogP contribution in [0.2, 0.25) is 0 Å². The zero-order chi connectivity index (χ0) is 10.9. The van der Waals surface area contributed by atoms with E-state index in [1.54, 1.807) is 5.92 Å². The normalized spacial score (nSPS) is 10.9. The molecule has 0 heteroatoms. The summed E-state index contributed by atoms with van der Waals surface area (Å²) in [7, 11) is 0. The van der Waals surface area contributed by atoms with Crippen molar-refractivity contribution in [2.45, 2.75) is 45.4 Å². The molecular weight excluding hydrogens is 180 g/mol. The number of rotatable bonds is 7. The van der Waals surface area contributed by atoms with Crippen molar-refractivity contribution in [1.82, 2.24) is 0 Å². The monoisotopic (exact) mass is 202 g/mol. The van der Waals surface area contributed by atoms with Gasteiger partial charge in [-0.25, -0.2) is 0 Å². The summed E-state index contributed by atoms with van der Waals surface area (Å²) in [6.45, 7) is 6.27. The van der Waals surface area contributed by atoms with Crippen LogP contribution in [-0.4, -0.2) is 0 Å². The highest BCUT2D eigenvalue weighted by molar-refractivity contribution is 5.19. The molecule has 0 bridgehead atoms. The van der Waals surface area contributed by atoms with Gasteiger partial charge < -0.3 is 0 Å². The van der Waals surface area contributed by atoms with E-state index in [-0.39, 0.29) is 0 Å². The van der Waals surface area contributed by atoms with Gasteiger partial charge in [0.15, 0.2) is 0 Å². The Morgan fingerprint density at radius 1 is 1.13 bits per heavy atom. The van der Waals surface area contributed by atoms with Crippen LogP contribution in [0.1, 0.15) is 44.6 Å². The fourth-order valence-corrected chi connectivity index (χ4v) is 1.81. The predicted molar refractivity (Wildman–Crippen MR) is 67.5 cm³/mol. The van der Waals surface area contributed by atoms with Crippen molar-refractivity contribution in [2.24, 2.45) is 0 Å². The summed E-state index contributed by atoms with van der Waals surface area (Å²) in [5, 5.41) is 0. The van der Waals surface area contributed by atoms with Crippen molar-refractivity contribution in [3.8, 4) is 0 Å². The first-order chi connectivity index (χ1) is 7.36. The van der Waals surface area contributed by atoms with E-state index in [0.717, 1.165) is 12.8 Å². The summed E-state index contributed by atoms with van der Waals surface area (Å²) in [4.78, 5) is 0. The van der Waals surface area contributed by atoms with Crippen LogP contribution >= 0.6 is 0 Å². The largest absolute Gasteiger partial charge is 0.0654 e. The Balaban J connectivity index is 2.33. The van der Waals surface area contributed by atoms with Crippen LogP contribution in [0.25, 0.3) is 0 Å². The van der Waals surface area contributed by atoms with Crippen LogP contribution in [0.15, 0.2) is 30.3 Å². The molecular formula is C15H22. The summed E-state index contributed by atoms with van der Waals surface area (Å²) < 4.78 is 0. The molecule has 0 aliphatic carbocycles. The molecule has 0 heterocycles. The summed E-state index contributed by atoms with van der Waals surface area (Å²) in [6, 6.07) is 10.7. The van der Waals surface area contributed by atoms with Gasteiger partial charge in [-0.05, 0) is 30.7 Å². The van der Waals surface area contributed by atoms with Gasteiger partial charge in [0.05, 0.1) is 0 Å². The first kappa shape index (κ1) is 12.3. The Labute approximate surface area is 94.7 Å². The smallest absolute Gasteiger partial charge is 0.0197 e. The van der Waals surface area contributed by atoms with Crippen LogP contribution in [-0.2, 0) is 6.42 Å². The third-order valence-corrected chi connectivity index (χ3v) is 2.78. The van der Waals surface area contributed by atoms with Crippen molar-refractivity contribution in [2.75, 3.05) is 0 Å². The van der Waals surface area contributed by atoms with Gasteiger partial charge in [-0.1, -0.05) is 63.4 Å². The molecule has 1 aromatic rings. The second kappa shape index (κ2) is 7.50. The van der Waals surface area contributed by atoms with Crippen molar-refractivity contribution < 1.29 is 0 Å². The number of unbranched alkanes of at least 4 members (excludes halogenated alkanes) is 2. The molecule has 0 aliphatic heterocycles. The highest BCUT2D eigenvalue weighted by Crippen LogP contribution is 2.20. The summed E-state index contributed by atoms with van der Waals surface area (Å²) >= 11 is 0. The maximum atomic E-state index is 4.02. The second-order valence-corrected chi connectivity index (χ2v) is 4.12. The molecule has 0 saturated heterocycles. The molecule has 1 aromatic carbocycles. The molecule has 0 saturated carbocycles. The Morgan fingerprint density at radius 2 is 1.87 bits per heavy atom. The Morgan fingerprint density at radius 3 is 2.47 bits per heavy atom. The Hall–Kier alpha value is -0.780. The average Bonchev–Trinajstić information content (AvgIpc) is 2.29. The predicted octanol–water partition coefficient (Wildman–Crippen LogP) is 4.61. The number of hydrogen-bond donors (Lipinski definition) is 0. The Bertz CT molecular complexity index is 237. The molecule has 82 valence electrons. The quantitative estimate of drug-likeness (QED) is 0.566. The van der Waals surface area contributed by atoms with Gasteiger partial charge >= 0.3 is 0 Å². The van der Waals surface area contributed by atoms with Crippen LogP contribution < -0.4 is 0 Å². The standard InChI is InChI=1S/C15H22/c1-3-5-7-10-14(4-2)13-15-11-8-6-9-12-15/h6,8-9,11-12H,2-5,7,10,13H2,1H3. The van der Waals surface area contributed by atoms with Crippen LogP contribution in [0, 0.1) is 12.8 Å². The lowest BCUT2D eigenvalue weighted by Crippen LogP contribution is -2.00. The van der Waals surface area contributed by atoms with Gasteiger partial charge in [0.2, 0.25) is 0 Å². The van der Waals surface area contributed by atoms with Gasteiger partial charge in [0.1, 0.15) is 0 Å². The third kappa shape index (κ3) is 5.01. The zero-order valence-corrected chi connectivity index (χ0v) is 9.84. The highest BCUT2D eigenvalue weighted by Gasteiger charge is 2.07. The molecule has 0 atom stereocenters. The van der Waals surface area contributed by atoms with E-state index in [0.29, 0.717) is 0 Å². The van der Waals surface area contributed by atoms with E-state index < -0.39 is 0 Å². The van der Waals surface area contributed by atoms with Crippen molar-refractivity contribution in [1.29, 1.82) is 0 Å². The van der Waals surface area contributed by atoms with Crippen molar-refractivity contribution >= 4 is 0 Å². The minimum Gasteiger partial charge on any atom is -0.0654 e. The Kier molecular flexibility index (Phi) is 6.15. The molecule has 15 heavy (non-hydrogen) atoms. The lowest BCUT2D eigenvalue weighted by molar-refractivity contribution is 0.642. The maximum absolute atomic E-state index is 4.02. The molecule has 0 fully saturated rings.